The van der Waals surface area contributed by atoms with E-state index in [1.807, 2.05) is 38.4 Å². The zero-order valence-electron chi connectivity index (χ0n) is 22.9. The van der Waals surface area contributed by atoms with E-state index in [9.17, 15) is 14.7 Å². The predicted octanol–water partition coefficient (Wildman–Crippen LogP) is 4.41. The van der Waals surface area contributed by atoms with Gasteiger partial charge in [-0.3, -0.25) is 10.1 Å². The number of benzene rings is 2. The van der Waals surface area contributed by atoms with Gasteiger partial charge in [-0.05, 0) is 75.3 Å². The molecule has 40 heavy (non-hydrogen) atoms. The van der Waals surface area contributed by atoms with Crippen molar-refractivity contribution in [2.24, 2.45) is 0 Å². The third-order valence-corrected chi connectivity index (χ3v) is 7.91. The van der Waals surface area contributed by atoms with Crippen molar-refractivity contribution in [2.75, 3.05) is 45.7 Å². The number of anilines is 1. The summed E-state index contributed by atoms with van der Waals surface area (Å²) in [5, 5.41) is 16.7. The van der Waals surface area contributed by atoms with Crippen molar-refractivity contribution in [1.29, 1.82) is 0 Å². The van der Waals surface area contributed by atoms with Crippen molar-refractivity contribution in [3.63, 3.8) is 0 Å². The normalized spacial score (nSPS) is 14.7. The molecule has 1 fully saturated rings. The van der Waals surface area contributed by atoms with E-state index in [0.29, 0.717) is 31.3 Å². The van der Waals surface area contributed by atoms with Crippen LogP contribution in [0.3, 0.4) is 0 Å². The Hall–Kier alpha value is -4.22. The predicted molar refractivity (Wildman–Crippen MR) is 157 cm³/mol. The van der Waals surface area contributed by atoms with Gasteiger partial charge in [0.1, 0.15) is 23.6 Å². The van der Waals surface area contributed by atoms with E-state index in [2.05, 4.69) is 26.6 Å². The molecule has 4 aromatic rings. The quantitative estimate of drug-likeness (QED) is 0.244. The maximum atomic E-state index is 12.2. The summed E-state index contributed by atoms with van der Waals surface area (Å²) in [7, 11) is 4.02. The number of likely N-dealkylation sites (N-methyl/N-ethyl adjacent to an activating group) is 1. The first-order chi connectivity index (χ1) is 19.1. The van der Waals surface area contributed by atoms with Crippen LogP contribution in [0.15, 0.2) is 54.7 Å². The van der Waals surface area contributed by atoms with Gasteiger partial charge in [-0.15, -0.1) is 11.3 Å². The van der Waals surface area contributed by atoms with Gasteiger partial charge in [-0.1, -0.05) is 12.1 Å². The Kier molecular flexibility index (Phi) is 7.59. The number of nitrogens with zero attached hydrogens (tertiary/aromatic N) is 4. The van der Waals surface area contributed by atoms with Gasteiger partial charge in [-0.2, -0.15) is 0 Å². The molecular formula is C29H32N6O4S. The molecule has 0 radical (unpaired) electrons. The molecule has 1 aliphatic rings. The van der Waals surface area contributed by atoms with E-state index in [1.54, 1.807) is 49.6 Å². The summed E-state index contributed by atoms with van der Waals surface area (Å²) in [5.74, 6) is 1.04. The molecule has 3 amide bonds. The molecule has 1 aliphatic heterocycles. The topological polar surface area (TPSA) is 120 Å². The number of carbonyl (C=O) groups excluding carboxylic acids is 2. The van der Waals surface area contributed by atoms with Gasteiger partial charge in [0.2, 0.25) is 5.95 Å². The van der Waals surface area contributed by atoms with E-state index in [1.165, 1.54) is 4.90 Å². The van der Waals surface area contributed by atoms with Crippen LogP contribution in [0.1, 0.15) is 13.8 Å². The Morgan fingerprint density at radius 2 is 1.98 bits per heavy atom. The Morgan fingerprint density at radius 1 is 1.15 bits per heavy atom. The molecule has 2 aromatic carbocycles. The summed E-state index contributed by atoms with van der Waals surface area (Å²) in [6.45, 7) is 5.51. The molecule has 0 unspecified atom stereocenters. The lowest BCUT2D eigenvalue weighted by molar-refractivity contribution is -0.125. The van der Waals surface area contributed by atoms with Crippen molar-refractivity contribution in [3.05, 3.63) is 54.7 Å². The second-order valence-corrected chi connectivity index (χ2v) is 11.4. The molecule has 0 bridgehead atoms. The van der Waals surface area contributed by atoms with Gasteiger partial charge in [0.05, 0.1) is 10.6 Å². The summed E-state index contributed by atoms with van der Waals surface area (Å²) in [4.78, 5) is 38.2. The number of amides is 3. The summed E-state index contributed by atoms with van der Waals surface area (Å²) in [5.41, 5.74) is 1.37. The molecule has 208 valence electrons. The van der Waals surface area contributed by atoms with E-state index in [-0.39, 0.29) is 11.7 Å². The van der Waals surface area contributed by atoms with Crippen LogP contribution in [0.4, 0.5) is 10.7 Å². The first kappa shape index (κ1) is 27.4. The van der Waals surface area contributed by atoms with Crippen molar-refractivity contribution >= 4 is 39.3 Å². The van der Waals surface area contributed by atoms with E-state index in [0.717, 1.165) is 38.4 Å². The summed E-state index contributed by atoms with van der Waals surface area (Å²) >= 11 is 1.61. The van der Waals surface area contributed by atoms with Crippen molar-refractivity contribution in [3.8, 4) is 33.2 Å². The highest BCUT2D eigenvalue weighted by molar-refractivity contribution is 7.22. The van der Waals surface area contributed by atoms with Gasteiger partial charge in [0.15, 0.2) is 0 Å². The standard InChI is InChI=1S/C29H32N6O4S/c1-29(2)26(37)33-28(38)35(29)11-10-30-27-31-17-22(18-6-5-7-20(36)14-18)25(32-27)24-16-19-15-21(8-9-23(19)40-24)39-13-12-34(3)4/h5-9,14-17,36H,10-13H2,1-4H3,(H,30,31,32)(H,33,37,38). The van der Waals surface area contributed by atoms with Crippen LogP contribution >= 0.6 is 11.3 Å². The average molecular weight is 561 g/mol. The maximum absolute atomic E-state index is 12.2. The molecule has 1 saturated heterocycles. The Morgan fingerprint density at radius 3 is 2.70 bits per heavy atom. The zero-order valence-corrected chi connectivity index (χ0v) is 23.7. The van der Waals surface area contributed by atoms with E-state index in [4.69, 9.17) is 9.72 Å². The van der Waals surface area contributed by atoms with Crippen LogP contribution in [0, 0.1) is 0 Å². The van der Waals surface area contributed by atoms with Crippen LogP contribution in [0.2, 0.25) is 0 Å². The molecule has 3 heterocycles. The first-order valence-electron chi connectivity index (χ1n) is 13.0. The van der Waals surface area contributed by atoms with Crippen LogP contribution in [0.5, 0.6) is 11.5 Å². The monoisotopic (exact) mass is 560 g/mol. The summed E-state index contributed by atoms with van der Waals surface area (Å²) < 4.78 is 7.02. The fourth-order valence-corrected chi connectivity index (χ4v) is 5.51. The SMILES string of the molecule is CN(C)CCOc1ccc2sc(-c3nc(NCCN4C(=O)NC(=O)C4(C)C)ncc3-c3cccc(O)c3)cc2c1. The lowest BCUT2D eigenvalue weighted by Crippen LogP contribution is -2.46. The van der Waals surface area contributed by atoms with E-state index >= 15 is 0 Å². The number of rotatable bonds is 10. The number of hydrogen-bond acceptors (Lipinski definition) is 9. The fourth-order valence-electron chi connectivity index (χ4n) is 4.47. The number of imide groups is 1. The Labute approximate surface area is 236 Å². The van der Waals surface area contributed by atoms with Gasteiger partial charge in [0, 0.05) is 36.1 Å². The minimum absolute atomic E-state index is 0.155. The largest absolute Gasteiger partial charge is 0.508 e. The fraction of sp³-hybridized carbons (Fsp3) is 0.310. The number of urea groups is 1. The molecule has 0 aliphatic carbocycles. The third-order valence-electron chi connectivity index (χ3n) is 6.79. The van der Waals surface area contributed by atoms with Crippen molar-refractivity contribution in [2.45, 2.75) is 19.4 Å². The third kappa shape index (κ3) is 5.70. The molecule has 11 heteroatoms. The number of phenolic OH excluding ortho intramolecular Hbond substituents is 1. The van der Waals surface area contributed by atoms with Crippen LogP contribution < -0.4 is 15.4 Å². The van der Waals surface area contributed by atoms with Gasteiger partial charge >= 0.3 is 6.03 Å². The Bertz CT molecular complexity index is 1570. The minimum atomic E-state index is -0.921. The number of thiophene rings is 1. The zero-order chi connectivity index (χ0) is 28.4. The highest BCUT2D eigenvalue weighted by Gasteiger charge is 2.45. The maximum Gasteiger partial charge on any atom is 0.325 e. The number of aromatic hydroxyl groups is 1. The molecule has 10 nitrogen and oxygen atoms in total. The summed E-state index contributed by atoms with van der Waals surface area (Å²) in [6, 6.07) is 14.7. The van der Waals surface area contributed by atoms with Gasteiger partial charge in [0.25, 0.3) is 5.91 Å². The Balaban J connectivity index is 1.43. The first-order valence-corrected chi connectivity index (χ1v) is 13.8. The van der Waals surface area contributed by atoms with Crippen LogP contribution in [0.25, 0.3) is 31.8 Å². The van der Waals surface area contributed by atoms with Crippen molar-refractivity contribution < 1.29 is 19.4 Å². The molecule has 0 spiro atoms. The lowest BCUT2D eigenvalue weighted by Gasteiger charge is -2.27. The van der Waals surface area contributed by atoms with Crippen LogP contribution in [-0.2, 0) is 4.79 Å². The van der Waals surface area contributed by atoms with Gasteiger partial charge in [-0.25, -0.2) is 14.8 Å². The second kappa shape index (κ2) is 11.1. The second-order valence-electron chi connectivity index (χ2n) is 10.4. The highest BCUT2D eigenvalue weighted by Crippen LogP contribution is 2.39. The molecule has 0 saturated carbocycles. The number of carbonyl (C=O) groups is 2. The minimum Gasteiger partial charge on any atom is -0.508 e. The molecule has 2 aromatic heterocycles. The number of fused-ring (bicyclic) bond motifs is 1. The number of hydrogen-bond donors (Lipinski definition) is 3. The molecule has 5 rings (SSSR count). The summed E-state index contributed by atoms with van der Waals surface area (Å²) in [6.07, 6.45) is 1.73. The number of aromatic nitrogens is 2. The smallest absolute Gasteiger partial charge is 0.325 e. The average Bonchev–Trinajstić information content (AvgIpc) is 3.41. The highest BCUT2D eigenvalue weighted by atomic mass is 32.1. The van der Waals surface area contributed by atoms with Crippen molar-refractivity contribution in [1.82, 2.24) is 25.1 Å². The number of ether oxygens (including phenoxy) is 1. The molecular weight excluding hydrogens is 528 g/mol. The van der Waals surface area contributed by atoms with Crippen LogP contribution in [-0.4, -0.2) is 82.7 Å². The lowest BCUT2D eigenvalue weighted by atomic mass is 10.0. The molecule has 0 atom stereocenters. The molecule has 3 N–H and O–H groups in total. The van der Waals surface area contributed by atoms with E-state index < -0.39 is 11.6 Å². The number of nitrogens with one attached hydrogen (secondary N) is 2. The van der Waals surface area contributed by atoms with Gasteiger partial charge < -0.3 is 25.0 Å². The number of phenols is 1.